The van der Waals surface area contributed by atoms with E-state index in [1.54, 1.807) is 0 Å². The van der Waals surface area contributed by atoms with Crippen LogP contribution in [0.4, 0.5) is 0 Å². The van der Waals surface area contributed by atoms with Gasteiger partial charge in [0.15, 0.2) is 0 Å². The summed E-state index contributed by atoms with van der Waals surface area (Å²) in [6.45, 7) is 9.30. The highest BCUT2D eigenvalue weighted by Crippen LogP contribution is 2.00. The number of nitrogens with zero attached hydrogens (tertiary/aromatic N) is 1. The van der Waals surface area contributed by atoms with E-state index in [9.17, 15) is 0 Å². The van der Waals surface area contributed by atoms with Crippen molar-refractivity contribution in [3.8, 4) is 0 Å². The molecule has 0 aromatic heterocycles. The molecule has 0 bridgehead atoms. The molecular formula is C7H18N2. The molecule has 2 nitrogen and oxygen atoms in total. The summed E-state index contributed by atoms with van der Waals surface area (Å²) < 4.78 is 0. The molecular weight excluding hydrogens is 112 g/mol. The predicted octanol–water partition coefficient (Wildman–Crippen LogP) is 1.02. The van der Waals surface area contributed by atoms with Gasteiger partial charge in [-0.1, -0.05) is 0 Å². The normalized spacial score (nSPS) is 12.0. The molecule has 0 amide bonds. The van der Waals surface area contributed by atoms with Crippen LogP contribution >= 0.6 is 0 Å². The molecule has 0 aromatic rings. The van der Waals surface area contributed by atoms with Crippen LogP contribution in [0.1, 0.15) is 27.7 Å². The molecule has 0 fully saturated rings. The summed E-state index contributed by atoms with van der Waals surface area (Å²) in [4.78, 5) is 2.24. The first-order valence-electron chi connectivity index (χ1n) is 3.55. The van der Waals surface area contributed by atoms with Crippen LogP contribution in [-0.2, 0) is 0 Å². The third-order valence-corrected chi connectivity index (χ3v) is 1.54. The fraction of sp³-hybridized carbons (Fsp3) is 1.00. The minimum atomic E-state index is 0.565. The number of nitrogens with two attached hydrogens (primary N) is 1. The topological polar surface area (TPSA) is 29.3 Å². The van der Waals surface area contributed by atoms with E-state index in [4.69, 9.17) is 5.73 Å². The van der Waals surface area contributed by atoms with Crippen molar-refractivity contribution in [2.75, 3.05) is 6.67 Å². The summed E-state index contributed by atoms with van der Waals surface area (Å²) in [6, 6.07) is 1.13. The van der Waals surface area contributed by atoms with Crippen LogP contribution < -0.4 is 5.73 Å². The lowest BCUT2D eigenvalue weighted by atomic mass is 10.2. The Morgan fingerprint density at radius 2 is 1.44 bits per heavy atom. The highest BCUT2D eigenvalue weighted by Gasteiger charge is 2.09. The number of hydrogen-bond acceptors (Lipinski definition) is 2. The van der Waals surface area contributed by atoms with Gasteiger partial charge in [0.05, 0.1) is 0 Å². The molecule has 0 atom stereocenters. The Labute approximate surface area is 58.0 Å². The van der Waals surface area contributed by atoms with E-state index >= 15 is 0 Å². The third kappa shape index (κ3) is 2.82. The number of rotatable bonds is 3. The first kappa shape index (κ1) is 8.92. The van der Waals surface area contributed by atoms with Gasteiger partial charge in [0.1, 0.15) is 0 Å². The molecule has 0 aromatic carbocycles. The van der Waals surface area contributed by atoms with Crippen LogP contribution in [0.15, 0.2) is 0 Å². The fourth-order valence-electron chi connectivity index (χ4n) is 1.02. The maximum absolute atomic E-state index is 5.50. The molecule has 0 aliphatic heterocycles. The molecule has 9 heavy (non-hydrogen) atoms. The van der Waals surface area contributed by atoms with E-state index in [0.29, 0.717) is 18.8 Å². The highest BCUT2D eigenvalue weighted by atomic mass is 15.2. The van der Waals surface area contributed by atoms with Crippen LogP contribution in [-0.4, -0.2) is 23.7 Å². The van der Waals surface area contributed by atoms with Gasteiger partial charge >= 0.3 is 0 Å². The third-order valence-electron chi connectivity index (χ3n) is 1.54. The minimum Gasteiger partial charge on any atom is -0.318 e. The highest BCUT2D eigenvalue weighted by molar-refractivity contribution is 4.63. The van der Waals surface area contributed by atoms with Crippen LogP contribution in [0.3, 0.4) is 0 Å². The standard InChI is InChI=1S/C7H18N2/c1-6(2)9(5-8)7(3)4/h6-7H,5,8H2,1-4H3. The quantitative estimate of drug-likeness (QED) is 0.578. The molecule has 0 aliphatic rings. The average Bonchev–Trinajstić information content (AvgIpc) is 1.64. The molecule has 0 saturated heterocycles. The van der Waals surface area contributed by atoms with E-state index in [1.807, 2.05) is 0 Å². The Kier molecular flexibility index (Phi) is 3.82. The Morgan fingerprint density at radius 3 is 1.44 bits per heavy atom. The SMILES string of the molecule is CC(C)N(CN)C(C)C. The molecule has 2 heteroatoms. The lowest BCUT2D eigenvalue weighted by Crippen LogP contribution is -2.40. The maximum Gasteiger partial charge on any atom is 0.0460 e. The van der Waals surface area contributed by atoms with Gasteiger partial charge < -0.3 is 5.73 Å². The van der Waals surface area contributed by atoms with E-state index in [0.717, 1.165) is 0 Å². The molecule has 0 spiro atoms. The second-order valence-corrected chi connectivity index (χ2v) is 2.88. The molecule has 2 N–H and O–H groups in total. The van der Waals surface area contributed by atoms with Crippen molar-refractivity contribution in [1.29, 1.82) is 0 Å². The van der Waals surface area contributed by atoms with Gasteiger partial charge in [-0.05, 0) is 27.7 Å². The van der Waals surface area contributed by atoms with Crippen LogP contribution in [0.25, 0.3) is 0 Å². The van der Waals surface area contributed by atoms with Gasteiger partial charge in [-0.15, -0.1) is 0 Å². The van der Waals surface area contributed by atoms with Crippen molar-refractivity contribution < 1.29 is 0 Å². The van der Waals surface area contributed by atoms with Crippen LogP contribution in [0.5, 0.6) is 0 Å². The summed E-state index contributed by atoms with van der Waals surface area (Å²) in [5.74, 6) is 0. The van der Waals surface area contributed by atoms with Crippen molar-refractivity contribution >= 4 is 0 Å². The fourth-order valence-corrected chi connectivity index (χ4v) is 1.02. The van der Waals surface area contributed by atoms with Crippen molar-refractivity contribution in [1.82, 2.24) is 4.90 Å². The second kappa shape index (κ2) is 3.85. The predicted molar refractivity (Wildman–Crippen MR) is 41.2 cm³/mol. The monoisotopic (exact) mass is 130 g/mol. The Bertz CT molecular complexity index is 61.3. The van der Waals surface area contributed by atoms with Gasteiger partial charge in [-0.25, -0.2) is 0 Å². The van der Waals surface area contributed by atoms with Crippen LogP contribution in [0, 0.1) is 0 Å². The van der Waals surface area contributed by atoms with E-state index in [1.165, 1.54) is 0 Å². The number of hydrogen-bond donors (Lipinski definition) is 1. The van der Waals surface area contributed by atoms with E-state index in [-0.39, 0.29) is 0 Å². The molecule has 0 aliphatic carbocycles. The minimum absolute atomic E-state index is 0.565. The lowest BCUT2D eigenvalue weighted by molar-refractivity contribution is 0.180. The maximum atomic E-state index is 5.50. The van der Waals surface area contributed by atoms with Crippen molar-refractivity contribution in [2.45, 2.75) is 39.8 Å². The summed E-state index contributed by atoms with van der Waals surface area (Å²) >= 11 is 0. The Balaban J connectivity index is 3.68. The van der Waals surface area contributed by atoms with Gasteiger partial charge in [0.2, 0.25) is 0 Å². The molecule has 0 saturated carbocycles. The average molecular weight is 130 g/mol. The van der Waals surface area contributed by atoms with Gasteiger partial charge in [-0.3, -0.25) is 4.90 Å². The first-order chi connectivity index (χ1) is 4.09. The van der Waals surface area contributed by atoms with Crippen LogP contribution in [0.2, 0.25) is 0 Å². The molecule has 0 radical (unpaired) electrons. The van der Waals surface area contributed by atoms with E-state index < -0.39 is 0 Å². The largest absolute Gasteiger partial charge is 0.318 e. The summed E-state index contributed by atoms with van der Waals surface area (Å²) in [5, 5.41) is 0. The van der Waals surface area contributed by atoms with Gasteiger partial charge in [0, 0.05) is 18.8 Å². The summed E-state index contributed by atoms with van der Waals surface area (Å²) in [5.41, 5.74) is 5.50. The summed E-state index contributed by atoms with van der Waals surface area (Å²) in [6.07, 6.45) is 0. The van der Waals surface area contributed by atoms with Crippen molar-refractivity contribution in [3.63, 3.8) is 0 Å². The van der Waals surface area contributed by atoms with Gasteiger partial charge in [0.25, 0.3) is 0 Å². The smallest absolute Gasteiger partial charge is 0.0460 e. The lowest BCUT2D eigenvalue weighted by Gasteiger charge is -2.28. The second-order valence-electron chi connectivity index (χ2n) is 2.88. The van der Waals surface area contributed by atoms with Crippen molar-refractivity contribution in [2.24, 2.45) is 5.73 Å². The van der Waals surface area contributed by atoms with E-state index in [2.05, 4.69) is 32.6 Å². The zero-order chi connectivity index (χ0) is 7.44. The molecule has 0 rings (SSSR count). The zero-order valence-corrected chi connectivity index (χ0v) is 6.89. The molecule has 56 valence electrons. The molecule has 0 unspecified atom stereocenters. The zero-order valence-electron chi connectivity index (χ0n) is 6.89. The molecule has 0 heterocycles. The Hall–Kier alpha value is -0.0800. The Morgan fingerprint density at radius 1 is 1.11 bits per heavy atom. The summed E-state index contributed by atoms with van der Waals surface area (Å²) in [7, 11) is 0. The first-order valence-corrected chi connectivity index (χ1v) is 3.55. The van der Waals surface area contributed by atoms with Gasteiger partial charge in [-0.2, -0.15) is 0 Å². The van der Waals surface area contributed by atoms with Crippen molar-refractivity contribution in [3.05, 3.63) is 0 Å².